The van der Waals surface area contributed by atoms with E-state index < -0.39 is 0 Å². The molecule has 0 saturated carbocycles. The summed E-state index contributed by atoms with van der Waals surface area (Å²) in [5.74, 6) is -0.382. The monoisotopic (exact) mass is 264 g/mol. The van der Waals surface area contributed by atoms with E-state index in [2.05, 4.69) is 5.10 Å². The van der Waals surface area contributed by atoms with Gasteiger partial charge in [-0.3, -0.25) is 9.59 Å². The fraction of sp³-hybridized carbons (Fsp3) is 0.0625. The summed E-state index contributed by atoms with van der Waals surface area (Å²) < 4.78 is 0. The quantitative estimate of drug-likeness (QED) is 0.800. The van der Waals surface area contributed by atoms with Crippen LogP contribution in [0.15, 0.2) is 65.8 Å². The highest BCUT2D eigenvalue weighted by molar-refractivity contribution is 6.50. The van der Waals surface area contributed by atoms with Gasteiger partial charge in [0.2, 0.25) is 5.78 Å². The second-order valence-corrected chi connectivity index (χ2v) is 4.46. The molecule has 1 aliphatic heterocycles. The summed E-state index contributed by atoms with van der Waals surface area (Å²) in [5, 5.41) is 5.45. The summed E-state index contributed by atoms with van der Waals surface area (Å²) in [7, 11) is 0. The van der Waals surface area contributed by atoms with Gasteiger partial charge in [0.25, 0.3) is 5.91 Å². The van der Waals surface area contributed by atoms with Gasteiger partial charge in [-0.15, -0.1) is 0 Å². The first-order valence-corrected chi connectivity index (χ1v) is 6.31. The molecule has 1 aliphatic rings. The molecule has 0 N–H and O–H groups in total. The first kappa shape index (κ1) is 12.3. The number of carbonyl (C=O) groups excluding carboxylic acids is 2. The lowest BCUT2D eigenvalue weighted by Crippen LogP contribution is -2.19. The van der Waals surface area contributed by atoms with Crippen molar-refractivity contribution in [1.82, 2.24) is 0 Å². The van der Waals surface area contributed by atoms with Crippen LogP contribution < -0.4 is 5.01 Å². The number of Topliss-reactive ketones (excluding diaryl/α,β-unsaturated/α-hetero) is 1. The van der Waals surface area contributed by atoms with Gasteiger partial charge in [-0.25, -0.2) is 5.01 Å². The number of hydrogen-bond acceptors (Lipinski definition) is 3. The summed E-state index contributed by atoms with van der Waals surface area (Å²) in [4.78, 5) is 24.2. The van der Waals surface area contributed by atoms with Crippen molar-refractivity contribution in [3.8, 4) is 0 Å². The number of nitrogens with zero attached hydrogens (tertiary/aromatic N) is 2. The third-order valence-corrected chi connectivity index (χ3v) is 3.07. The lowest BCUT2D eigenvalue weighted by Gasteiger charge is -2.10. The predicted octanol–water partition coefficient (Wildman–Crippen LogP) is 2.66. The largest absolute Gasteiger partial charge is 0.287 e. The van der Waals surface area contributed by atoms with E-state index in [1.165, 1.54) is 5.01 Å². The van der Waals surface area contributed by atoms with Gasteiger partial charge in [-0.05, 0) is 12.1 Å². The maximum atomic E-state index is 12.3. The smallest absolute Gasteiger partial charge is 0.253 e. The van der Waals surface area contributed by atoms with Gasteiger partial charge >= 0.3 is 0 Å². The number of ketones is 1. The Kier molecular flexibility index (Phi) is 3.13. The lowest BCUT2D eigenvalue weighted by molar-refractivity contribution is -0.116. The van der Waals surface area contributed by atoms with Crippen LogP contribution in [0.3, 0.4) is 0 Å². The van der Waals surface area contributed by atoms with E-state index in [1.807, 2.05) is 24.3 Å². The summed E-state index contributed by atoms with van der Waals surface area (Å²) >= 11 is 0. The third kappa shape index (κ3) is 2.23. The van der Waals surface area contributed by atoms with Crippen molar-refractivity contribution in [2.75, 3.05) is 5.01 Å². The van der Waals surface area contributed by atoms with Crippen molar-refractivity contribution >= 4 is 23.1 Å². The molecule has 2 aromatic carbocycles. The van der Waals surface area contributed by atoms with Crippen LogP contribution in [0, 0.1) is 0 Å². The standard InChI is InChI=1S/C16H12N2O2/c19-15-11-14(16(20)12-7-3-1-4-8-12)17-18(15)13-9-5-2-6-10-13/h1-10H,11H2. The average Bonchev–Trinajstić information content (AvgIpc) is 2.90. The van der Waals surface area contributed by atoms with E-state index in [0.29, 0.717) is 11.3 Å². The minimum absolute atomic E-state index is 0.0443. The van der Waals surface area contributed by atoms with Crippen molar-refractivity contribution in [1.29, 1.82) is 0 Å². The van der Waals surface area contributed by atoms with Crippen LogP contribution in [0.1, 0.15) is 16.8 Å². The molecule has 0 bridgehead atoms. The van der Waals surface area contributed by atoms with Gasteiger partial charge in [0, 0.05) is 5.56 Å². The molecule has 0 saturated heterocycles. The highest BCUT2D eigenvalue weighted by Gasteiger charge is 2.29. The number of benzene rings is 2. The van der Waals surface area contributed by atoms with Gasteiger partial charge in [-0.1, -0.05) is 48.5 Å². The minimum atomic E-state index is -0.197. The third-order valence-electron chi connectivity index (χ3n) is 3.07. The number of para-hydroxylation sites is 1. The molecule has 0 spiro atoms. The fourth-order valence-corrected chi connectivity index (χ4v) is 2.08. The van der Waals surface area contributed by atoms with Crippen LogP contribution in [0.4, 0.5) is 5.69 Å². The normalized spacial score (nSPS) is 14.3. The Labute approximate surface area is 116 Å². The molecule has 3 rings (SSSR count). The first-order chi connectivity index (χ1) is 9.75. The van der Waals surface area contributed by atoms with Gasteiger partial charge in [0.15, 0.2) is 0 Å². The molecule has 2 aromatic rings. The zero-order valence-corrected chi connectivity index (χ0v) is 10.7. The highest BCUT2D eigenvalue weighted by Crippen LogP contribution is 2.21. The Morgan fingerprint density at radius 3 is 2.20 bits per heavy atom. The van der Waals surface area contributed by atoms with Crippen molar-refractivity contribution in [2.45, 2.75) is 6.42 Å². The molecule has 0 atom stereocenters. The fourth-order valence-electron chi connectivity index (χ4n) is 2.08. The highest BCUT2D eigenvalue weighted by atomic mass is 16.2. The summed E-state index contributed by atoms with van der Waals surface area (Å²) in [6.07, 6.45) is 0.0443. The molecule has 4 nitrogen and oxygen atoms in total. The van der Waals surface area contributed by atoms with E-state index in [9.17, 15) is 9.59 Å². The van der Waals surface area contributed by atoms with Crippen LogP contribution in [-0.2, 0) is 4.79 Å². The molecule has 0 unspecified atom stereocenters. The molecular weight excluding hydrogens is 252 g/mol. The van der Waals surface area contributed by atoms with E-state index in [-0.39, 0.29) is 23.8 Å². The second kappa shape index (κ2) is 5.09. The zero-order valence-electron chi connectivity index (χ0n) is 10.7. The van der Waals surface area contributed by atoms with Crippen molar-refractivity contribution in [2.24, 2.45) is 5.10 Å². The van der Waals surface area contributed by atoms with Crippen LogP contribution in [-0.4, -0.2) is 17.4 Å². The Morgan fingerprint density at radius 1 is 0.950 bits per heavy atom. The van der Waals surface area contributed by atoms with Crippen LogP contribution in [0.2, 0.25) is 0 Å². The van der Waals surface area contributed by atoms with Gasteiger partial charge in [0.1, 0.15) is 5.71 Å². The lowest BCUT2D eigenvalue weighted by atomic mass is 10.1. The molecule has 20 heavy (non-hydrogen) atoms. The van der Waals surface area contributed by atoms with Crippen LogP contribution in [0.25, 0.3) is 0 Å². The minimum Gasteiger partial charge on any atom is -0.287 e. The first-order valence-electron chi connectivity index (χ1n) is 6.31. The summed E-state index contributed by atoms with van der Waals surface area (Å²) in [5.41, 5.74) is 1.51. The number of anilines is 1. The molecule has 0 radical (unpaired) electrons. The predicted molar refractivity (Wildman–Crippen MR) is 76.8 cm³/mol. The molecule has 98 valence electrons. The van der Waals surface area contributed by atoms with Crippen molar-refractivity contribution < 1.29 is 9.59 Å². The average molecular weight is 264 g/mol. The zero-order chi connectivity index (χ0) is 13.9. The molecule has 1 heterocycles. The topological polar surface area (TPSA) is 49.7 Å². The van der Waals surface area contributed by atoms with Gasteiger partial charge in [0.05, 0.1) is 12.1 Å². The maximum Gasteiger partial charge on any atom is 0.253 e. The number of carbonyl (C=O) groups is 2. The number of amides is 1. The van der Waals surface area contributed by atoms with Crippen LogP contribution in [0.5, 0.6) is 0 Å². The van der Waals surface area contributed by atoms with E-state index >= 15 is 0 Å². The summed E-state index contributed by atoms with van der Waals surface area (Å²) in [6.45, 7) is 0. The second-order valence-electron chi connectivity index (χ2n) is 4.46. The van der Waals surface area contributed by atoms with Gasteiger partial charge in [-0.2, -0.15) is 5.10 Å². The summed E-state index contributed by atoms with van der Waals surface area (Å²) in [6, 6.07) is 18.0. The van der Waals surface area contributed by atoms with E-state index in [4.69, 9.17) is 0 Å². The van der Waals surface area contributed by atoms with E-state index in [1.54, 1.807) is 36.4 Å². The van der Waals surface area contributed by atoms with Gasteiger partial charge < -0.3 is 0 Å². The maximum absolute atomic E-state index is 12.3. The molecule has 0 aromatic heterocycles. The molecule has 1 amide bonds. The molecule has 0 aliphatic carbocycles. The Bertz CT molecular complexity index is 678. The van der Waals surface area contributed by atoms with Crippen molar-refractivity contribution in [3.63, 3.8) is 0 Å². The molecular formula is C16H12N2O2. The SMILES string of the molecule is O=C(C1=NN(c2ccccc2)C(=O)C1)c1ccccc1. The molecule has 4 heteroatoms. The van der Waals surface area contributed by atoms with Crippen LogP contribution >= 0.6 is 0 Å². The number of hydrogen-bond donors (Lipinski definition) is 0. The number of rotatable bonds is 3. The van der Waals surface area contributed by atoms with Crippen molar-refractivity contribution in [3.05, 3.63) is 66.2 Å². The Hall–Kier alpha value is -2.75. The number of hydrazone groups is 1. The Morgan fingerprint density at radius 2 is 1.55 bits per heavy atom. The Balaban J connectivity index is 1.90. The molecule has 0 fully saturated rings. The van der Waals surface area contributed by atoms with E-state index in [0.717, 1.165) is 0 Å².